The molecule has 0 aliphatic rings. The van der Waals surface area contributed by atoms with Gasteiger partial charge in [-0.25, -0.2) is 4.79 Å². The first-order chi connectivity index (χ1) is 12.9. The van der Waals surface area contributed by atoms with Crippen LogP contribution >= 0.6 is 11.6 Å². The van der Waals surface area contributed by atoms with Gasteiger partial charge in [-0.1, -0.05) is 17.7 Å². The summed E-state index contributed by atoms with van der Waals surface area (Å²) in [4.78, 5) is 24.3. The van der Waals surface area contributed by atoms with Gasteiger partial charge < -0.3 is 24.3 Å². The van der Waals surface area contributed by atoms with Gasteiger partial charge in [0.05, 0.1) is 26.9 Å². The van der Waals surface area contributed by atoms with E-state index in [0.717, 1.165) is 5.56 Å². The summed E-state index contributed by atoms with van der Waals surface area (Å²) < 4.78 is 20.6. The summed E-state index contributed by atoms with van der Waals surface area (Å²) in [5, 5.41) is 3.14. The highest BCUT2D eigenvalue weighted by atomic mass is 35.5. The number of methoxy groups -OCH3 is 3. The van der Waals surface area contributed by atoms with Crippen LogP contribution in [0.2, 0.25) is 5.02 Å². The SMILES string of the molecule is COc1cc(C(=O)OCC(=O)Nc2ccc(C)c(Cl)c2)cc(OC)c1OC. The summed E-state index contributed by atoms with van der Waals surface area (Å²) in [6.45, 7) is 1.40. The molecule has 0 bridgehead atoms. The molecule has 2 rings (SSSR count). The summed E-state index contributed by atoms with van der Waals surface area (Å²) >= 11 is 6.02. The van der Waals surface area contributed by atoms with Crippen LogP contribution in [0.4, 0.5) is 5.69 Å². The fourth-order valence-corrected chi connectivity index (χ4v) is 2.46. The zero-order valence-corrected chi connectivity index (χ0v) is 16.2. The number of hydrogen-bond acceptors (Lipinski definition) is 6. The minimum absolute atomic E-state index is 0.163. The Morgan fingerprint density at radius 2 is 1.63 bits per heavy atom. The van der Waals surface area contributed by atoms with E-state index < -0.39 is 18.5 Å². The fraction of sp³-hybridized carbons (Fsp3) is 0.263. The molecule has 0 saturated carbocycles. The quantitative estimate of drug-likeness (QED) is 0.725. The fourth-order valence-electron chi connectivity index (χ4n) is 2.28. The average molecular weight is 394 g/mol. The number of ether oxygens (including phenoxy) is 4. The molecule has 2 aromatic carbocycles. The van der Waals surface area contributed by atoms with E-state index in [-0.39, 0.29) is 5.56 Å². The van der Waals surface area contributed by atoms with Gasteiger partial charge in [-0.15, -0.1) is 0 Å². The molecule has 0 saturated heterocycles. The standard InChI is InChI=1S/C19H20ClNO6/c1-11-5-6-13(9-14(11)20)21-17(22)10-27-19(23)12-7-15(24-2)18(26-4)16(8-12)25-3/h5-9H,10H2,1-4H3,(H,21,22). The molecule has 0 aliphatic carbocycles. The van der Waals surface area contributed by atoms with Crippen molar-refractivity contribution in [3.05, 3.63) is 46.5 Å². The largest absolute Gasteiger partial charge is 0.493 e. The van der Waals surface area contributed by atoms with Gasteiger partial charge >= 0.3 is 5.97 Å². The van der Waals surface area contributed by atoms with E-state index in [2.05, 4.69) is 5.32 Å². The third kappa shape index (κ3) is 5.04. The molecule has 0 spiro atoms. The molecular formula is C19H20ClNO6. The lowest BCUT2D eigenvalue weighted by atomic mass is 10.2. The second-order valence-electron chi connectivity index (χ2n) is 5.50. The van der Waals surface area contributed by atoms with Crippen LogP contribution in [-0.2, 0) is 9.53 Å². The van der Waals surface area contributed by atoms with E-state index in [0.29, 0.717) is 28.0 Å². The zero-order chi connectivity index (χ0) is 20.0. The first-order valence-electron chi connectivity index (χ1n) is 7.92. The molecule has 0 fully saturated rings. The molecule has 0 heterocycles. The summed E-state index contributed by atoms with van der Waals surface area (Å²) in [7, 11) is 4.33. The van der Waals surface area contributed by atoms with Crippen LogP contribution in [0, 0.1) is 6.92 Å². The second kappa shape index (κ2) is 9.14. The van der Waals surface area contributed by atoms with Gasteiger partial charge in [-0.05, 0) is 36.8 Å². The van der Waals surface area contributed by atoms with Crippen LogP contribution in [0.25, 0.3) is 0 Å². The van der Waals surface area contributed by atoms with Gasteiger partial charge in [0.2, 0.25) is 5.75 Å². The van der Waals surface area contributed by atoms with Gasteiger partial charge in [0.15, 0.2) is 18.1 Å². The first-order valence-corrected chi connectivity index (χ1v) is 8.30. The molecule has 0 unspecified atom stereocenters. The Labute approximate surface area is 162 Å². The Kier molecular flexibility index (Phi) is 6.90. The predicted octanol–water partition coefficient (Wildman–Crippen LogP) is 3.47. The van der Waals surface area contributed by atoms with Crippen LogP contribution in [0.3, 0.4) is 0 Å². The van der Waals surface area contributed by atoms with Gasteiger partial charge in [0, 0.05) is 10.7 Å². The van der Waals surface area contributed by atoms with E-state index in [9.17, 15) is 9.59 Å². The smallest absolute Gasteiger partial charge is 0.338 e. The molecule has 2 aromatic rings. The molecule has 1 amide bonds. The molecule has 7 nitrogen and oxygen atoms in total. The van der Waals surface area contributed by atoms with E-state index in [1.165, 1.54) is 33.5 Å². The number of benzene rings is 2. The summed E-state index contributed by atoms with van der Waals surface area (Å²) in [6.07, 6.45) is 0. The molecular weight excluding hydrogens is 374 g/mol. The second-order valence-corrected chi connectivity index (χ2v) is 5.91. The number of nitrogens with one attached hydrogen (secondary N) is 1. The molecule has 0 aromatic heterocycles. The normalized spacial score (nSPS) is 10.1. The molecule has 144 valence electrons. The Bertz CT molecular complexity index is 827. The van der Waals surface area contributed by atoms with Crippen molar-refractivity contribution >= 4 is 29.2 Å². The predicted molar refractivity (Wildman–Crippen MR) is 101 cm³/mol. The molecule has 27 heavy (non-hydrogen) atoms. The number of hydrogen-bond donors (Lipinski definition) is 1. The molecule has 0 atom stereocenters. The third-order valence-electron chi connectivity index (χ3n) is 3.69. The molecule has 0 aliphatic heterocycles. The van der Waals surface area contributed by atoms with E-state index in [1.807, 2.05) is 6.92 Å². The first kappa shape index (κ1) is 20.4. The Morgan fingerprint density at radius 1 is 1.00 bits per heavy atom. The van der Waals surface area contributed by atoms with Crippen molar-refractivity contribution in [1.82, 2.24) is 0 Å². The van der Waals surface area contributed by atoms with Crippen molar-refractivity contribution < 1.29 is 28.5 Å². The van der Waals surface area contributed by atoms with Crippen LogP contribution < -0.4 is 19.5 Å². The van der Waals surface area contributed by atoms with Gasteiger partial charge in [0.25, 0.3) is 5.91 Å². The van der Waals surface area contributed by atoms with Crippen LogP contribution in [0.5, 0.6) is 17.2 Å². The van der Waals surface area contributed by atoms with E-state index in [1.54, 1.807) is 18.2 Å². The maximum absolute atomic E-state index is 12.3. The van der Waals surface area contributed by atoms with Crippen LogP contribution in [-0.4, -0.2) is 39.8 Å². The topological polar surface area (TPSA) is 83.1 Å². The lowest BCUT2D eigenvalue weighted by Gasteiger charge is -2.13. The van der Waals surface area contributed by atoms with Crippen molar-refractivity contribution in [2.75, 3.05) is 33.3 Å². The monoisotopic (exact) mass is 393 g/mol. The van der Waals surface area contributed by atoms with E-state index >= 15 is 0 Å². The number of halogens is 1. The van der Waals surface area contributed by atoms with Crippen molar-refractivity contribution in [3.63, 3.8) is 0 Å². The van der Waals surface area contributed by atoms with Crippen molar-refractivity contribution in [2.45, 2.75) is 6.92 Å². The summed E-state index contributed by atoms with van der Waals surface area (Å²) in [5.74, 6) is -0.224. The number of carbonyl (C=O) groups excluding carboxylic acids is 2. The number of carbonyl (C=O) groups is 2. The van der Waals surface area contributed by atoms with Crippen LogP contribution in [0.15, 0.2) is 30.3 Å². The maximum atomic E-state index is 12.3. The summed E-state index contributed by atoms with van der Waals surface area (Å²) in [5.41, 5.74) is 1.57. The summed E-state index contributed by atoms with van der Waals surface area (Å²) in [6, 6.07) is 8.00. The van der Waals surface area contributed by atoms with Gasteiger partial charge in [0.1, 0.15) is 0 Å². The van der Waals surface area contributed by atoms with Gasteiger partial charge in [-0.2, -0.15) is 0 Å². The van der Waals surface area contributed by atoms with Crippen LogP contribution in [0.1, 0.15) is 15.9 Å². The lowest BCUT2D eigenvalue weighted by Crippen LogP contribution is -2.21. The Balaban J connectivity index is 2.04. The maximum Gasteiger partial charge on any atom is 0.338 e. The molecule has 0 radical (unpaired) electrons. The highest BCUT2D eigenvalue weighted by Crippen LogP contribution is 2.38. The number of anilines is 1. The highest BCUT2D eigenvalue weighted by Gasteiger charge is 2.18. The average Bonchev–Trinajstić information content (AvgIpc) is 2.67. The van der Waals surface area contributed by atoms with Gasteiger partial charge in [-0.3, -0.25) is 4.79 Å². The third-order valence-corrected chi connectivity index (χ3v) is 4.10. The lowest BCUT2D eigenvalue weighted by molar-refractivity contribution is -0.119. The number of esters is 1. The number of aryl methyl sites for hydroxylation is 1. The van der Waals surface area contributed by atoms with E-state index in [4.69, 9.17) is 30.5 Å². The molecule has 8 heteroatoms. The Hall–Kier alpha value is -2.93. The minimum atomic E-state index is -0.702. The number of amides is 1. The van der Waals surface area contributed by atoms with Crippen molar-refractivity contribution in [1.29, 1.82) is 0 Å². The zero-order valence-electron chi connectivity index (χ0n) is 15.4. The minimum Gasteiger partial charge on any atom is -0.493 e. The highest BCUT2D eigenvalue weighted by molar-refractivity contribution is 6.31. The number of rotatable bonds is 7. The van der Waals surface area contributed by atoms with Crippen molar-refractivity contribution in [2.24, 2.45) is 0 Å². The Morgan fingerprint density at radius 3 is 2.15 bits per heavy atom. The molecule has 1 N–H and O–H groups in total. The van der Waals surface area contributed by atoms with Crippen molar-refractivity contribution in [3.8, 4) is 17.2 Å².